The third-order valence-electron chi connectivity index (χ3n) is 9.06. The van der Waals surface area contributed by atoms with Crippen molar-refractivity contribution in [2.75, 3.05) is 40.4 Å². The molecule has 2 aromatic rings. The van der Waals surface area contributed by atoms with Gasteiger partial charge in [-0.25, -0.2) is 0 Å². The van der Waals surface area contributed by atoms with Gasteiger partial charge in [0.15, 0.2) is 0 Å². The molecule has 266 valence electrons. The fourth-order valence-electron chi connectivity index (χ4n) is 6.10. The largest absolute Gasteiger partial charge is 0.497 e. The van der Waals surface area contributed by atoms with E-state index in [1.807, 2.05) is 38.1 Å². The average molecular weight is 678 g/mol. The van der Waals surface area contributed by atoms with Crippen LogP contribution in [0.25, 0.3) is 0 Å². The quantitative estimate of drug-likeness (QED) is 0.426. The Hall–Kier alpha value is -4.61. The molecule has 1 fully saturated rings. The van der Waals surface area contributed by atoms with E-state index in [4.69, 9.17) is 9.47 Å². The molecule has 4 rings (SSSR count). The predicted molar refractivity (Wildman–Crippen MR) is 185 cm³/mol. The minimum Gasteiger partial charge on any atom is -0.497 e. The van der Waals surface area contributed by atoms with Gasteiger partial charge in [-0.2, -0.15) is 0 Å². The van der Waals surface area contributed by atoms with Gasteiger partial charge in [-0.3, -0.25) is 24.0 Å². The van der Waals surface area contributed by atoms with Crippen molar-refractivity contribution >= 4 is 29.5 Å². The number of likely N-dealkylation sites (N-methyl/N-ethyl adjacent to an activating group) is 1. The molecule has 0 saturated carbocycles. The van der Waals surface area contributed by atoms with Crippen molar-refractivity contribution in [3.05, 3.63) is 59.2 Å². The Morgan fingerprint density at radius 3 is 2.39 bits per heavy atom. The normalized spacial score (nSPS) is 21.8. The molecule has 1 saturated heterocycles. The first-order valence-electron chi connectivity index (χ1n) is 17.3. The molecular weight excluding hydrogens is 626 g/mol. The number of hydrogen-bond donors (Lipinski definition) is 3. The number of fused-ring (bicyclic) bond motifs is 1. The fraction of sp³-hybridized carbons (Fsp3) is 0.541. The van der Waals surface area contributed by atoms with Crippen molar-refractivity contribution in [3.63, 3.8) is 0 Å². The van der Waals surface area contributed by atoms with Crippen molar-refractivity contribution in [2.45, 2.75) is 83.8 Å². The fourth-order valence-corrected chi connectivity index (χ4v) is 6.10. The molecule has 3 N–H and O–H groups in total. The van der Waals surface area contributed by atoms with Gasteiger partial charge in [-0.1, -0.05) is 26.0 Å². The first kappa shape index (κ1) is 37.2. The summed E-state index contributed by atoms with van der Waals surface area (Å²) in [5.74, 6) is -0.193. The van der Waals surface area contributed by atoms with Crippen molar-refractivity contribution in [1.82, 2.24) is 25.8 Å². The molecule has 0 aromatic heterocycles. The molecule has 12 nitrogen and oxygen atoms in total. The van der Waals surface area contributed by atoms with E-state index in [2.05, 4.69) is 16.0 Å². The van der Waals surface area contributed by atoms with E-state index in [9.17, 15) is 24.0 Å². The van der Waals surface area contributed by atoms with Gasteiger partial charge < -0.3 is 35.2 Å². The van der Waals surface area contributed by atoms with Crippen LogP contribution < -0.4 is 25.4 Å². The number of hydrogen-bond acceptors (Lipinski definition) is 7. The summed E-state index contributed by atoms with van der Waals surface area (Å²) in [5.41, 5.74) is 2.34. The van der Waals surface area contributed by atoms with E-state index in [1.54, 1.807) is 37.1 Å². The van der Waals surface area contributed by atoms with E-state index in [1.165, 1.54) is 11.9 Å². The topological polar surface area (TPSA) is 146 Å². The molecule has 0 unspecified atom stereocenters. The highest BCUT2D eigenvalue weighted by molar-refractivity contribution is 5.95. The number of aryl methyl sites for hydroxylation is 1. The number of nitrogens with zero attached hydrogens (tertiary/aromatic N) is 2. The van der Waals surface area contributed by atoms with Crippen molar-refractivity contribution in [3.8, 4) is 11.5 Å². The Labute approximate surface area is 289 Å². The number of amides is 5. The molecule has 2 aliphatic rings. The monoisotopic (exact) mass is 677 g/mol. The number of rotatable bonds is 6. The standard InChI is InChI=1S/C37H51N5O7/c1-24(2)21-30-35(45)40-31(22-26-11-14-29(48-5)15-12-26)37(47)41(4)25(3)34(44)38-17-8-19-42(18-6-10-33(43)39-30)36(46)28-13-16-32-27(23-28)9-7-20-49-32/h11-16,23-25,30-31H,6-10,17-22H2,1-5H3,(H,38,44)(H,39,43)(H,40,45)/t25-,30+,31-/m0/s1. The van der Waals surface area contributed by atoms with Crippen LogP contribution in [-0.2, 0) is 32.0 Å². The summed E-state index contributed by atoms with van der Waals surface area (Å²) in [6.07, 6.45) is 3.24. The van der Waals surface area contributed by atoms with Gasteiger partial charge in [-0.15, -0.1) is 0 Å². The highest BCUT2D eigenvalue weighted by atomic mass is 16.5. The van der Waals surface area contributed by atoms with Gasteiger partial charge in [0, 0.05) is 45.1 Å². The zero-order valence-corrected chi connectivity index (χ0v) is 29.4. The molecule has 3 atom stereocenters. The van der Waals surface area contributed by atoms with Gasteiger partial charge in [0.2, 0.25) is 23.6 Å². The zero-order valence-electron chi connectivity index (χ0n) is 29.4. The van der Waals surface area contributed by atoms with Crippen LogP contribution in [0, 0.1) is 5.92 Å². The number of nitrogens with one attached hydrogen (secondary N) is 3. The Morgan fingerprint density at radius 1 is 0.939 bits per heavy atom. The SMILES string of the molecule is COc1ccc(C[C@@H]2NC(=O)[C@@H](CC(C)C)NC(=O)CCCN(C(=O)c3ccc4c(c3)CCCO4)CCCNC(=O)[C@H](C)N(C)C2=O)cc1. The Balaban J connectivity index is 1.55. The summed E-state index contributed by atoms with van der Waals surface area (Å²) in [6, 6.07) is 9.98. The molecule has 12 heteroatoms. The summed E-state index contributed by atoms with van der Waals surface area (Å²) in [7, 11) is 3.10. The molecule has 0 bridgehead atoms. The lowest BCUT2D eigenvalue weighted by Crippen LogP contribution is -2.57. The van der Waals surface area contributed by atoms with Crippen LogP contribution in [0.4, 0.5) is 0 Å². The predicted octanol–water partition coefficient (Wildman–Crippen LogP) is 2.87. The maximum absolute atomic E-state index is 13.9. The van der Waals surface area contributed by atoms with Gasteiger partial charge in [0.25, 0.3) is 5.91 Å². The summed E-state index contributed by atoms with van der Waals surface area (Å²) >= 11 is 0. The molecule has 2 aromatic carbocycles. The average Bonchev–Trinajstić information content (AvgIpc) is 3.10. The maximum Gasteiger partial charge on any atom is 0.253 e. The number of methoxy groups -OCH3 is 1. The van der Waals surface area contributed by atoms with E-state index < -0.39 is 29.9 Å². The lowest BCUT2D eigenvalue weighted by molar-refractivity contribution is -0.141. The van der Waals surface area contributed by atoms with Crippen LogP contribution in [0.1, 0.15) is 74.4 Å². The van der Waals surface area contributed by atoms with Crippen LogP contribution in [0.3, 0.4) is 0 Å². The van der Waals surface area contributed by atoms with Crippen molar-refractivity contribution < 1.29 is 33.4 Å². The van der Waals surface area contributed by atoms with Gasteiger partial charge >= 0.3 is 0 Å². The van der Waals surface area contributed by atoms with Crippen LogP contribution in [0.15, 0.2) is 42.5 Å². The Bertz CT molecular complexity index is 1480. The lowest BCUT2D eigenvalue weighted by Gasteiger charge is -2.30. The maximum atomic E-state index is 13.9. The highest BCUT2D eigenvalue weighted by Gasteiger charge is 2.32. The third kappa shape index (κ3) is 10.4. The number of benzene rings is 2. The number of carbonyl (C=O) groups is 5. The van der Waals surface area contributed by atoms with Crippen LogP contribution in [0.5, 0.6) is 11.5 Å². The summed E-state index contributed by atoms with van der Waals surface area (Å²) < 4.78 is 11.0. The van der Waals surface area contributed by atoms with Crippen LogP contribution in [-0.4, -0.2) is 97.9 Å². The molecule has 2 heterocycles. The van der Waals surface area contributed by atoms with Crippen molar-refractivity contribution in [1.29, 1.82) is 0 Å². The molecule has 0 spiro atoms. The Kier molecular flexibility index (Phi) is 13.4. The Morgan fingerprint density at radius 2 is 1.67 bits per heavy atom. The second-order valence-corrected chi connectivity index (χ2v) is 13.3. The van der Waals surface area contributed by atoms with Gasteiger partial charge in [-0.05, 0) is 86.4 Å². The second-order valence-electron chi connectivity index (χ2n) is 13.3. The van der Waals surface area contributed by atoms with Gasteiger partial charge in [0.05, 0.1) is 13.7 Å². The minimum absolute atomic E-state index is 0.0752. The van der Waals surface area contributed by atoms with E-state index in [-0.39, 0.29) is 43.0 Å². The molecular formula is C37H51N5O7. The smallest absolute Gasteiger partial charge is 0.253 e. The third-order valence-corrected chi connectivity index (χ3v) is 9.06. The first-order chi connectivity index (χ1) is 23.5. The number of ether oxygens (including phenoxy) is 2. The van der Waals surface area contributed by atoms with Crippen LogP contribution >= 0.6 is 0 Å². The molecule has 2 aliphatic heterocycles. The second kappa shape index (κ2) is 17.7. The number of carbonyl (C=O) groups excluding carboxylic acids is 5. The highest BCUT2D eigenvalue weighted by Crippen LogP contribution is 2.26. The summed E-state index contributed by atoms with van der Waals surface area (Å²) in [4.78, 5) is 70.7. The van der Waals surface area contributed by atoms with Crippen LogP contribution in [0.2, 0.25) is 0 Å². The van der Waals surface area contributed by atoms with Crippen molar-refractivity contribution in [2.24, 2.45) is 5.92 Å². The van der Waals surface area contributed by atoms with E-state index in [0.717, 1.165) is 29.7 Å². The zero-order chi connectivity index (χ0) is 35.5. The molecule has 0 aliphatic carbocycles. The van der Waals surface area contributed by atoms with E-state index in [0.29, 0.717) is 50.3 Å². The van der Waals surface area contributed by atoms with Gasteiger partial charge in [0.1, 0.15) is 29.6 Å². The first-order valence-corrected chi connectivity index (χ1v) is 17.3. The van der Waals surface area contributed by atoms with E-state index >= 15 is 0 Å². The molecule has 0 radical (unpaired) electrons. The lowest BCUT2D eigenvalue weighted by atomic mass is 10.00. The summed E-state index contributed by atoms with van der Waals surface area (Å²) in [6.45, 7) is 7.18. The molecule has 49 heavy (non-hydrogen) atoms. The molecule has 5 amide bonds. The minimum atomic E-state index is -0.985. The summed E-state index contributed by atoms with van der Waals surface area (Å²) in [5, 5.41) is 8.66.